The minimum atomic E-state index is -1.10. The molecule has 1 aromatic rings. The number of hydrogen-bond donors (Lipinski definition) is 1. The summed E-state index contributed by atoms with van der Waals surface area (Å²) in [6.45, 7) is -0.0603. The fraction of sp³-hybridized carbons (Fsp3) is 0.250. The van der Waals surface area contributed by atoms with E-state index in [1.54, 1.807) is 24.3 Å². The number of hydrogen-bond acceptors (Lipinski definition) is 2. The summed E-state index contributed by atoms with van der Waals surface area (Å²) in [5, 5.41) is 9.16. The second-order valence-electron chi connectivity index (χ2n) is 2.23. The summed E-state index contributed by atoms with van der Waals surface area (Å²) in [6.07, 6.45) is 0. The second kappa shape index (κ2) is 4.60. The maximum atomic E-state index is 11.3. The quantitative estimate of drug-likeness (QED) is 0.809. The zero-order chi connectivity index (χ0) is 8.97. The highest BCUT2D eigenvalue weighted by atomic mass is 35.5. The van der Waals surface area contributed by atoms with Crippen LogP contribution in [0.5, 0.6) is 0 Å². The Morgan fingerprint density at radius 2 is 1.92 bits per heavy atom. The lowest BCUT2D eigenvalue weighted by molar-refractivity contribution is 0.321. The normalized spacial score (nSPS) is 12.8. The molecular weight excluding hydrogens is 196 g/mol. The molecule has 0 fully saturated rings. The van der Waals surface area contributed by atoms with Crippen LogP contribution in [0.2, 0.25) is 5.02 Å². The molecule has 0 bridgehead atoms. The molecule has 4 heteroatoms. The Hall–Kier alpha value is -0.380. The van der Waals surface area contributed by atoms with E-state index in [0.717, 1.165) is 0 Å². The highest BCUT2D eigenvalue weighted by Crippen LogP contribution is 2.12. The minimum absolute atomic E-state index is 0.0603. The van der Waals surface area contributed by atoms with Crippen LogP contribution in [0.25, 0.3) is 0 Å². The zero-order valence-corrected chi connectivity index (χ0v) is 7.94. The van der Waals surface area contributed by atoms with Gasteiger partial charge in [-0.3, -0.25) is 4.21 Å². The van der Waals surface area contributed by atoms with Gasteiger partial charge >= 0.3 is 0 Å². The molecule has 1 aromatic carbocycles. The smallest absolute Gasteiger partial charge is 0.0552 e. The van der Waals surface area contributed by atoms with Crippen molar-refractivity contribution >= 4 is 22.4 Å². The van der Waals surface area contributed by atoms with Gasteiger partial charge in [0, 0.05) is 9.92 Å². The summed E-state index contributed by atoms with van der Waals surface area (Å²) < 4.78 is 11.3. The molecule has 0 amide bonds. The van der Waals surface area contributed by atoms with Gasteiger partial charge < -0.3 is 5.11 Å². The molecular formula is C8H9ClO2S. The SMILES string of the molecule is O=[S@](CCO)c1ccc(Cl)cc1. The molecule has 0 unspecified atom stereocenters. The van der Waals surface area contributed by atoms with Crippen molar-refractivity contribution < 1.29 is 9.32 Å². The molecule has 1 N–H and O–H groups in total. The molecule has 66 valence electrons. The largest absolute Gasteiger partial charge is 0.395 e. The topological polar surface area (TPSA) is 37.3 Å². The van der Waals surface area contributed by atoms with Crippen molar-refractivity contribution in [1.29, 1.82) is 0 Å². The van der Waals surface area contributed by atoms with Crippen molar-refractivity contribution in [2.24, 2.45) is 0 Å². The monoisotopic (exact) mass is 204 g/mol. The summed E-state index contributed by atoms with van der Waals surface area (Å²) in [4.78, 5) is 0.702. The van der Waals surface area contributed by atoms with Gasteiger partial charge in [-0.25, -0.2) is 0 Å². The molecule has 0 saturated heterocycles. The lowest BCUT2D eigenvalue weighted by atomic mass is 10.4. The Morgan fingerprint density at radius 3 is 2.42 bits per heavy atom. The summed E-state index contributed by atoms with van der Waals surface area (Å²) in [5.74, 6) is 0.279. The molecule has 0 aromatic heterocycles. The maximum absolute atomic E-state index is 11.3. The Balaban J connectivity index is 2.75. The number of aliphatic hydroxyl groups excluding tert-OH is 1. The first-order chi connectivity index (χ1) is 5.74. The highest BCUT2D eigenvalue weighted by molar-refractivity contribution is 7.85. The van der Waals surface area contributed by atoms with Crippen LogP contribution in [0.15, 0.2) is 29.2 Å². The van der Waals surface area contributed by atoms with Gasteiger partial charge in [0.2, 0.25) is 0 Å². The molecule has 0 aliphatic rings. The van der Waals surface area contributed by atoms with Crippen LogP contribution in [0, 0.1) is 0 Å². The van der Waals surface area contributed by atoms with Crippen LogP contribution in [-0.4, -0.2) is 21.7 Å². The second-order valence-corrected chi connectivity index (χ2v) is 4.23. The fourth-order valence-electron chi connectivity index (χ4n) is 0.787. The van der Waals surface area contributed by atoms with Gasteiger partial charge in [-0.2, -0.15) is 0 Å². The van der Waals surface area contributed by atoms with E-state index in [9.17, 15) is 4.21 Å². The lowest BCUT2D eigenvalue weighted by Gasteiger charge is -1.98. The summed E-state index contributed by atoms with van der Waals surface area (Å²) >= 11 is 5.65. The molecule has 0 radical (unpaired) electrons. The van der Waals surface area contributed by atoms with Gasteiger partial charge in [0.1, 0.15) is 0 Å². The van der Waals surface area contributed by atoms with Gasteiger partial charge in [-0.05, 0) is 24.3 Å². The van der Waals surface area contributed by atoms with Crippen LogP contribution >= 0.6 is 11.6 Å². The van der Waals surface area contributed by atoms with Crippen molar-refractivity contribution in [1.82, 2.24) is 0 Å². The minimum Gasteiger partial charge on any atom is -0.395 e. The number of benzene rings is 1. The van der Waals surface area contributed by atoms with Gasteiger partial charge in [-0.15, -0.1) is 0 Å². The van der Waals surface area contributed by atoms with Crippen LogP contribution in [0.1, 0.15) is 0 Å². The third-order valence-corrected chi connectivity index (χ3v) is 2.96. The maximum Gasteiger partial charge on any atom is 0.0552 e. The van der Waals surface area contributed by atoms with Gasteiger partial charge in [0.25, 0.3) is 0 Å². The van der Waals surface area contributed by atoms with E-state index in [0.29, 0.717) is 9.92 Å². The molecule has 0 heterocycles. The first-order valence-corrected chi connectivity index (χ1v) is 5.18. The Labute approximate surface area is 78.6 Å². The van der Waals surface area contributed by atoms with E-state index in [1.807, 2.05) is 0 Å². The fourth-order valence-corrected chi connectivity index (χ4v) is 1.75. The van der Waals surface area contributed by atoms with Crippen molar-refractivity contribution in [3.8, 4) is 0 Å². The molecule has 0 saturated carbocycles. The van der Waals surface area contributed by atoms with E-state index in [-0.39, 0.29) is 12.4 Å². The third-order valence-electron chi connectivity index (χ3n) is 1.35. The van der Waals surface area contributed by atoms with E-state index >= 15 is 0 Å². The first-order valence-electron chi connectivity index (χ1n) is 3.49. The summed E-state index contributed by atoms with van der Waals surface area (Å²) in [7, 11) is -1.10. The van der Waals surface area contributed by atoms with E-state index in [4.69, 9.17) is 16.7 Å². The van der Waals surface area contributed by atoms with Crippen molar-refractivity contribution in [2.45, 2.75) is 4.90 Å². The van der Waals surface area contributed by atoms with Gasteiger partial charge in [0.15, 0.2) is 0 Å². The van der Waals surface area contributed by atoms with E-state index in [1.165, 1.54) is 0 Å². The Kier molecular flexibility index (Phi) is 3.72. The Morgan fingerprint density at radius 1 is 1.33 bits per heavy atom. The van der Waals surface area contributed by atoms with Crippen LogP contribution in [0.3, 0.4) is 0 Å². The van der Waals surface area contributed by atoms with Gasteiger partial charge in [-0.1, -0.05) is 11.6 Å². The molecule has 0 aliphatic heterocycles. The molecule has 2 nitrogen and oxygen atoms in total. The zero-order valence-electron chi connectivity index (χ0n) is 6.37. The van der Waals surface area contributed by atoms with E-state index < -0.39 is 10.8 Å². The van der Waals surface area contributed by atoms with Crippen molar-refractivity contribution in [3.63, 3.8) is 0 Å². The van der Waals surface area contributed by atoms with Crippen molar-refractivity contribution in [2.75, 3.05) is 12.4 Å². The molecule has 12 heavy (non-hydrogen) atoms. The average molecular weight is 205 g/mol. The number of aliphatic hydroxyl groups is 1. The highest BCUT2D eigenvalue weighted by Gasteiger charge is 2.01. The number of halogens is 1. The van der Waals surface area contributed by atoms with Gasteiger partial charge in [0.05, 0.1) is 23.2 Å². The van der Waals surface area contributed by atoms with E-state index in [2.05, 4.69) is 0 Å². The molecule has 0 spiro atoms. The standard InChI is InChI=1S/C8H9ClO2S/c9-7-1-3-8(4-2-7)12(11)6-5-10/h1-4,10H,5-6H2/t12-/m1/s1. The molecule has 1 atom stereocenters. The van der Waals surface area contributed by atoms with Crippen molar-refractivity contribution in [3.05, 3.63) is 29.3 Å². The summed E-state index contributed by atoms with van der Waals surface area (Å²) in [5.41, 5.74) is 0. The lowest BCUT2D eigenvalue weighted by Crippen LogP contribution is -2.01. The first kappa shape index (κ1) is 9.71. The van der Waals surface area contributed by atoms with Crippen LogP contribution in [0.4, 0.5) is 0 Å². The predicted molar refractivity (Wildman–Crippen MR) is 49.8 cm³/mol. The van der Waals surface area contributed by atoms with Crippen LogP contribution in [-0.2, 0) is 10.8 Å². The number of rotatable bonds is 3. The summed E-state index contributed by atoms with van der Waals surface area (Å²) in [6, 6.07) is 6.78. The molecule has 0 aliphatic carbocycles. The average Bonchev–Trinajstić information content (AvgIpc) is 2.06. The Bertz CT molecular complexity index is 271. The third kappa shape index (κ3) is 2.59. The van der Waals surface area contributed by atoms with Crippen LogP contribution < -0.4 is 0 Å². The molecule has 1 rings (SSSR count). The predicted octanol–water partition coefficient (Wildman–Crippen LogP) is 1.44.